The van der Waals surface area contributed by atoms with Gasteiger partial charge in [-0.3, -0.25) is 9.79 Å². The number of rotatable bonds is 8. The van der Waals surface area contributed by atoms with Gasteiger partial charge in [-0.2, -0.15) is 0 Å². The van der Waals surface area contributed by atoms with Crippen LogP contribution in [0.1, 0.15) is 56.9 Å². The highest BCUT2D eigenvalue weighted by atomic mass is 127. The normalized spacial score (nSPS) is 21.4. The molecule has 6 nitrogen and oxygen atoms in total. The van der Waals surface area contributed by atoms with Gasteiger partial charge in [0.05, 0.1) is 0 Å². The summed E-state index contributed by atoms with van der Waals surface area (Å²) < 4.78 is 42.2. The van der Waals surface area contributed by atoms with Gasteiger partial charge in [0.2, 0.25) is 5.91 Å². The zero-order valence-electron chi connectivity index (χ0n) is 18.3. The van der Waals surface area contributed by atoms with Gasteiger partial charge in [-0.1, -0.05) is 24.6 Å². The van der Waals surface area contributed by atoms with Crippen molar-refractivity contribution in [2.24, 2.45) is 4.99 Å². The summed E-state index contributed by atoms with van der Waals surface area (Å²) in [5.74, 6) is 0.670. The number of para-hydroxylation sites is 1. The fraction of sp³-hybridized carbons (Fsp3) is 0.636. The third-order valence-corrected chi connectivity index (χ3v) is 5.53. The van der Waals surface area contributed by atoms with Crippen LogP contribution in [-0.2, 0) is 4.79 Å². The van der Waals surface area contributed by atoms with E-state index in [-0.39, 0.29) is 47.6 Å². The summed E-state index contributed by atoms with van der Waals surface area (Å²) in [6.45, 7) is 4.75. The molecule has 1 aliphatic carbocycles. The van der Waals surface area contributed by atoms with Crippen molar-refractivity contribution in [3.8, 4) is 5.75 Å². The second kappa shape index (κ2) is 12.5. The van der Waals surface area contributed by atoms with Crippen LogP contribution < -0.4 is 15.4 Å². The van der Waals surface area contributed by atoms with Crippen LogP contribution in [0.25, 0.3) is 0 Å². The predicted octanol–water partition coefficient (Wildman–Crippen LogP) is 4.41. The van der Waals surface area contributed by atoms with Crippen molar-refractivity contribution in [1.82, 2.24) is 15.5 Å². The highest BCUT2D eigenvalue weighted by Gasteiger charge is 2.42. The quantitative estimate of drug-likeness (QED) is 0.211. The van der Waals surface area contributed by atoms with Crippen molar-refractivity contribution in [1.29, 1.82) is 0 Å². The van der Waals surface area contributed by atoms with E-state index in [4.69, 9.17) is 0 Å². The number of hydrogen-bond acceptors (Lipinski definition) is 3. The van der Waals surface area contributed by atoms with Gasteiger partial charge < -0.3 is 20.3 Å². The highest BCUT2D eigenvalue weighted by molar-refractivity contribution is 14.0. The number of carbonyl (C=O) groups excluding carboxylic acids is 1. The number of nitrogens with one attached hydrogen (secondary N) is 2. The molecule has 32 heavy (non-hydrogen) atoms. The number of carbonyl (C=O) groups is 1. The fourth-order valence-corrected chi connectivity index (χ4v) is 3.93. The smallest absolute Gasteiger partial charge is 0.405 e. The summed E-state index contributed by atoms with van der Waals surface area (Å²) >= 11 is 0. The van der Waals surface area contributed by atoms with Gasteiger partial charge in [0.15, 0.2) is 5.96 Å². The van der Waals surface area contributed by atoms with Crippen molar-refractivity contribution in [3.05, 3.63) is 29.8 Å². The molecule has 1 aliphatic heterocycles. The number of aliphatic imine (C=N–C) groups is 1. The number of halogens is 4. The van der Waals surface area contributed by atoms with E-state index in [0.29, 0.717) is 44.0 Å². The van der Waals surface area contributed by atoms with E-state index < -0.39 is 6.36 Å². The molecule has 3 rings (SSSR count). The minimum absolute atomic E-state index is 0. The Morgan fingerprint density at radius 3 is 2.78 bits per heavy atom. The largest absolute Gasteiger partial charge is 0.573 e. The van der Waals surface area contributed by atoms with Crippen molar-refractivity contribution < 1.29 is 22.7 Å². The van der Waals surface area contributed by atoms with Crippen LogP contribution in [0.5, 0.6) is 5.75 Å². The molecule has 1 aromatic rings. The van der Waals surface area contributed by atoms with Gasteiger partial charge >= 0.3 is 6.36 Å². The van der Waals surface area contributed by atoms with E-state index in [9.17, 15) is 18.0 Å². The predicted molar refractivity (Wildman–Crippen MR) is 128 cm³/mol. The average Bonchev–Trinajstić information content (AvgIpc) is 3.49. The van der Waals surface area contributed by atoms with Crippen molar-refractivity contribution >= 4 is 35.8 Å². The standard InChI is InChI=1S/C22H31F3N4O2.HI/c1-2-26-21(27-12-8-14-29-13-7-3-4-11-20(29)30)28-18-15-17(18)16-9-5-6-10-19(16)31-22(23,24)25;/h5-6,9-10,17-18H,2-4,7-8,11-15H2,1H3,(H2,26,27,28);1H. The molecule has 1 heterocycles. The number of guanidine groups is 1. The molecule has 0 bridgehead atoms. The van der Waals surface area contributed by atoms with E-state index in [1.54, 1.807) is 12.1 Å². The summed E-state index contributed by atoms with van der Waals surface area (Å²) in [7, 11) is 0. The van der Waals surface area contributed by atoms with E-state index in [0.717, 1.165) is 32.2 Å². The van der Waals surface area contributed by atoms with E-state index in [1.165, 1.54) is 12.1 Å². The van der Waals surface area contributed by atoms with Gasteiger partial charge in [0.25, 0.3) is 0 Å². The lowest BCUT2D eigenvalue weighted by Gasteiger charge is -2.20. The molecule has 10 heteroatoms. The molecule has 0 aromatic heterocycles. The second-order valence-corrected chi connectivity index (χ2v) is 7.98. The molecule has 1 aromatic carbocycles. The molecular weight excluding hydrogens is 536 g/mol. The van der Waals surface area contributed by atoms with Crippen molar-refractivity contribution in [3.63, 3.8) is 0 Å². The van der Waals surface area contributed by atoms with Crippen LogP contribution >= 0.6 is 24.0 Å². The Bertz CT molecular complexity index is 776. The average molecular weight is 568 g/mol. The lowest BCUT2D eigenvalue weighted by Crippen LogP contribution is -2.39. The minimum atomic E-state index is -4.71. The van der Waals surface area contributed by atoms with Crippen LogP contribution in [0, 0.1) is 0 Å². The lowest BCUT2D eigenvalue weighted by molar-refractivity contribution is -0.274. The summed E-state index contributed by atoms with van der Waals surface area (Å²) in [4.78, 5) is 18.6. The van der Waals surface area contributed by atoms with Crippen LogP contribution in [-0.4, -0.2) is 55.3 Å². The van der Waals surface area contributed by atoms with Crippen molar-refractivity contribution in [2.75, 3.05) is 26.2 Å². The maximum Gasteiger partial charge on any atom is 0.573 e. The molecule has 2 atom stereocenters. The Balaban J connectivity index is 0.00000363. The zero-order chi connectivity index (χ0) is 22.3. The van der Waals surface area contributed by atoms with Crippen LogP contribution in [0.2, 0.25) is 0 Å². The number of ether oxygens (including phenoxy) is 1. The first-order valence-corrected chi connectivity index (χ1v) is 11.0. The first-order valence-electron chi connectivity index (χ1n) is 11.0. The molecular formula is C22H32F3IN4O2. The number of amides is 1. The van der Waals surface area contributed by atoms with Gasteiger partial charge in [-0.15, -0.1) is 37.1 Å². The number of hydrogen-bond donors (Lipinski definition) is 2. The Kier molecular flexibility index (Phi) is 10.4. The van der Waals surface area contributed by atoms with Crippen LogP contribution in [0.4, 0.5) is 13.2 Å². The summed E-state index contributed by atoms with van der Waals surface area (Å²) in [5.41, 5.74) is 0.549. The van der Waals surface area contributed by atoms with Crippen molar-refractivity contribution in [2.45, 2.75) is 63.8 Å². The molecule has 1 saturated carbocycles. The molecule has 1 amide bonds. The van der Waals surface area contributed by atoms with E-state index >= 15 is 0 Å². The molecule has 0 spiro atoms. The second-order valence-electron chi connectivity index (χ2n) is 7.98. The molecule has 0 radical (unpaired) electrons. The summed E-state index contributed by atoms with van der Waals surface area (Å²) in [6, 6.07) is 6.29. The Morgan fingerprint density at radius 2 is 2.03 bits per heavy atom. The van der Waals surface area contributed by atoms with Gasteiger partial charge in [0, 0.05) is 44.6 Å². The first kappa shape index (κ1) is 26.5. The highest BCUT2D eigenvalue weighted by Crippen LogP contribution is 2.45. The van der Waals surface area contributed by atoms with E-state index in [2.05, 4.69) is 20.4 Å². The van der Waals surface area contributed by atoms with Crippen LogP contribution in [0.3, 0.4) is 0 Å². The number of likely N-dealkylation sites (tertiary alicyclic amines) is 1. The number of nitrogens with zero attached hydrogens (tertiary/aromatic N) is 2. The zero-order valence-corrected chi connectivity index (χ0v) is 20.6. The fourth-order valence-electron chi connectivity index (χ4n) is 3.93. The Labute approximate surface area is 204 Å². The van der Waals surface area contributed by atoms with E-state index in [1.807, 2.05) is 11.8 Å². The maximum absolute atomic E-state index is 12.7. The van der Waals surface area contributed by atoms with Crippen LogP contribution in [0.15, 0.2) is 29.3 Å². The molecule has 1 saturated heterocycles. The monoisotopic (exact) mass is 568 g/mol. The summed E-state index contributed by atoms with van der Waals surface area (Å²) in [6.07, 6.45) is 0.552. The molecule has 2 N–H and O–H groups in total. The SMILES string of the molecule is CCNC(=NCCCN1CCCCCC1=O)NC1CC1c1ccccc1OC(F)(F)F.I. The first-order chi connectivity index (χ1) is 14.9. The molecule has 2 unspecified atom stereocenters. The number of alkyl halides is 3. The topological polar surface area (TPSA) is 66.0 Å². The van der Waals surface area contributed by atoms with Gasteiger partial charge in [-0.05, 0) is 44.2 Å². The molecule has 2 aliphatic rings. The molecule has 2 fully saturated rings. The third-order valence-electron chi connectivity index (χ3n) is 5.53. The van der Waals surface area contributed by atoms with Gasteiger partial charge in [0.1, 0.15) is 5.75 Å². The maximum atomic E-state index is 12.7. The number of benzene rings is 1. The minimum Gasteiger partial charge on any atom is -0.405 e. The summed E-state index contributed by atoms with van der Waals surface area (Å²) in [5, 5.41) is 6.49. The Hall–Kier alpha value is -1.72. The van der Waals surface area contributed by atoms with Gasteiger partial charge in [-0.25, -0.2) is 0 Å². The Morgan fingerprint density at radius 1 is 1.25 bits per heavy atom. The lowest BCUT2D eigenvalue weighted by atomic mass is 10.1. The molecule has 180 valence electrons. The third kappa shape index (κ3) is 8.32.